The van der Waals surface area contributed by atoms with E-state index in [1.54, 1.807) is 6.07 Å². The highest BCUT2D eigenvalue weighted by Crippen LogP contribution is 2.31. The highest BCUT2D eigenvalue weighted by Gasteiger charge is 2.25. The molecule has 1 aromatic heterocycles. The predicted octanol–water partition coefficient (Wildman–Crippen LogP) is 3.76. The standard InChI is InChI=1S/C22H20FN3O/c23-21-14-10-11-24-12-13(14)8-9-19(21)26-22(27)20-15-4-1-2-6-17(15)25-18-7-3-5-16(18)20/h1-2,4,6,8-9,24H,3,5,7,10-12H2,(H,26,27). The Bertz CT molecular complexity index is 1080. The van der Waals surface area contributed by atoms with Crippen molar-refractivity contribution in [2.45, 2.75) is 32.2 Å². The second-order valence-electron chi connectivity index (χ2n) is 7.23. The zero-order valence-electron chi connectivity index (χ0n) is 14.9. The Labute approximate surface area is 156 Å². The van der Waals surface area contributed by atoms with Crippen molar-refractivity contribution in [2.24, 2.45) is 0 Å². The van der Waals surface area contributed by atoms with Gasteiger partial charge in [-0.2, -0.15) is 0 Å². The van der Waals surface area contributed by atoms with Gasteiger partial charge in [-0.1, -0.05) is 24.3 Å². The van der Waals surface area contributed by atoms with Gasteiger partial charge >= 0.3 is 0 Å². The Hall–Kier alpha value is -2.79. The van der Waals surface area contributed by atoms with E-state index in [0.717, 1.165) is 53.5 Å². The Morgan fingerprint density at radius 2 is 1.96 bits per heavy atom. The smallest absolute Gasteiger partial charge is 0.256 e. The van der Waals surface area contributed by atoms with Crippen molar-refractivity contribution < 1.29 is 9.18 Å². The van der Waals surface area contributed by atoms with Crippen molar-refractivity contribution in [1.29, 1.82) is 0 Å². The van der Waals surface area contributed by atoms with Gasteiger partial charge in [0.15, 0.2) is 0 Å². The molecule has 0 spiro atoms. The number of rotatable bonds is 2. The van der Waals surface area contributed by atoms with Gasteiger partial charge in [0.05, 0.1) is 16.8 Å². The number of benzene rings is 2. The van der Waals surface area contributed by atoms with Crippen LogP contribution in [0.2, 0.25) is 0 Å². The molecule has 0 saturated carbocycles. The number of pyridine rings is 1. The van der Waals surface area contributed by atoms with Crippen LogP contribution in [0.15, 0.2) is 36.4 Å². The molecule has 0 unspecified atom stereocenters. The highest BCUT2D eigenvalue weighted by atomic mass is 19.1. The molecular formula is C22H20FN3O. The summed E-state index contributed by atoms with van der Waals surface area (Å²) in [5.41, 5.74) is 5.40. The molecule has 0 radical (unpaired) electrons. The van der Waals surface area contributed by atoms with E-state index >= 15 is 0 Å². The molecule has 0 fully saturated rings. The number of aromatic nitrogens is 1. The van der Waals surface area contributed by atoms with Crippen LogP contribution in [0.4, 0.5) is 10.1 Å². The van der Waals surface area contributed by atoms with E-state index in [2.05, 4.69) is 10.6 Å². The third-order valence-electron chi connectivity index (χ3n) is 5.60. The first-order valence-corrected chi connectivity index (χ1v) is 9.45. The summed E-state index contributed by atoms with van der Waals surface area (Å²) in [7, 11) is 0. The summed E-state index contributed by atoms with van der Waals surface area (Å²) in [6, 6.07) is 11.3. The monoisotopic (exact) mass is 361 g/mol. The largest absolute Gasteiger partial charge is 0.319 e. The number of halogens is 1. The SMILES string of the molecule is O=C(Nc1ccc2c(c1F)CCNC2)c1c2c(nc3ccccc13)CCC2. The van der Waals surface area contributed by atoms with E-state index in [1.165, 1.54) is 0 Å². The number of fused-ring (bicyclic) bond motifs is 3. The molecule has 2 heterocycles. The third-order valence-corrected chi connectivity index (χ3v) is 5.60. The number of para-hydroxylation sites is 1. The number of nitrogens with zero attached hydrogens (tertiary/aromatic N) is 1. The maximum absolute atomic E-state index is 15.0. The number of carbonyl (C=O) groups excluding carboxylic acids is 1. The molecule has 0 saturated heterocycles. The van der Waals surface area contributed by atoms with Gasteiger partial charge in [-0.25, -0.2) is 4.39 Å². The molecule has 5 rings (SSSR count). The molecule has 2 N–H and O–H groups in total. The average Bonchev–Trinajstić information content (AvgIpc) is 3.16. The molecule has 1 aliphatic heterocycles. The third kappa shape index (κ3) is 2.70. The first-order valence-electron chi connectivity index (χ1n) is 9.45. The van der Waals surface area contributed by atoms with Crippen LogP contribution in [0, 0.1) is 5.82 Å². The van der Waals surface area contributed by atoms with E-state index in [0.29, 0.717) is 24.1 Å². The van der Waals surface area contributed by atoms with Crippen LogP contribution in [0.1, 0.15) is 39.2 Å². The van der Waals surface area contributed by atoms with Crippen molar-refractivity contribution >= 4 is 22.5 Å². The molecule has 1 amide bonds. The second kappa shape index (κ2) is 6.43. The fraction of sp³-hybridized carbons (Fsp3) is 0.273. The lowest BCUT2D eigenvalue weighted by atomic mass is 9.98. The molecule has 136 valence electrons. The van der Waals surface area contributed by atoms with Crippen LogP contribution >= 0.6 is 0 Å². The fourth-order valence-corrected chi connectivity index (χ4v) is 4.29. The minimum absolute atomic E-state index is 0.250. The number of anilines is 1. The Morgan fingerprint density at radius 1 is 1.07 bits per heavy atom. The van der Waals surface area contributed by atoms with Crippen LogP contribution in [-0.4, -0.2) is 17.4 Å². The molecule has 0 bridgehead atoms. The summed E-state index contributed by atoms with van der Waals surface area (Å²) < 4.78 is 15.0. The first kappa shape index (κ1) is 16.4. The van der Waals surface area contributed by atoms with Crippen molar-refractivity contribution in [3.05, 3.63) is 70.2 Å². The summed E-state index contributed by atoms with van der Waals surface area (Å²) in [6.45, 7) is 1.42. The van der Waals surface area contributed by atoms with Gasteiger partial charge < -0.3 is 10.6 Å². The van der Waals surface area contributed by atoms with Gasteiger partial charge in [0, 0.05) is 17.6 Å². The van der Waals surface area contributed by atoms with Crippen molar-refractivity contribution in [1.82, 2.24) is 10.3 Å². The quantitative estimate of drug-likeness (QED) is 0.731. The number of nitrogens with one attached hydrogen (secondary N) is 2. The lowest BCUT2D eigenvalue weighted by molar-refractivity contribution is 0.102. The molecule has 1 aliphatic carbocycles. The van der Waals surface area contributed by atoms with Crippen molar-refractivity contribution in [3.63, 3.8) is 0 Å². The van der Waals surface area contributed by atoms with Gasteiger partial charge in [-0.05, 0) is 61.1 Å². The fourth-order valence-electron chi connectivity index (χ4n) is 4.29. The van der Waals surface area contributed by atoms with Gasteiger partial charge in [0.25, 0.3) is 5.91 Å². The highest BCUT2D eigenvalue weighted by molar-refractivity contribution is 6.13. The van der Waals surface area contributed by atoms with Gasteiger partial charge in [-0.15, -0.1) is 0 Å². The average molecular weight is 361 g/mol. The lowest BCUT2D eigenvalue weighted by Gasteiger charge is -2.20. The molecule has 3 aromatic rings. The summed E-state index contributed by atoms with van der Waals surface area (Å²) in [5.74, 6) is -0.558. The summed E-state index contributed by atoms with van der Waals surface area (Å²) in [4.78, 5) is 17.9. The minimum atomic E-state index is -0.308. The van der Waals surface area contributed by atoms with Crippen LogP contribution < -0.4 is 10.6 Å². The molecule has 2 aromatic carbocycles. The molecule has 4 nitrogen and oxygen atoms in total. The Kier molecular flexibility index (Phi) is 3.90. The van der Waals surface area contributed by atoms with Crippen LogP contribution in [0.25, 0.3) is 10.9 Å². The summed E-state index contributed by atoms with van der Waals surface area (Å²) in [5, 5.41) is 6.91. The first-order chi connectivity index (χ1) is 13.2. The van der Waals surface area contributed by atoms with E-state index in [-0.39, 0.29) is 17.4 Å². The normalized spacial score (nSPS) is 15.4. The van der Waals surface area contributed by atoms with Crippen LogP contribution in [-0.2, 0) is 25.8 Å². The number of aryl methyl sites for hydroxylation is 1. The summed E-state index contributed by atoms with van der Waals surface area (Å²) in [6.07, 6.45) is 3.37. The minimum Gasteiger partial charge on any atom is -0.319 e. The molecule has 5 heteroatoms. The number of hydrogen-bond donors (Lipinski definition) is 2. The topological polar surface area (TPSA) is 54.0 Å². The Morgan fingerprint density at radius 3 is 2.89 bits per heavy atom. The van der Waals surface area contributed by atoms with Crippen molar-refractivity contribution in [2.75, 3.05) is 11.9 Å². The van der Waals surface area contributed by atoms with E-state index in [9.17, 15) is 9.18 Å². The van der Waals surface area contributed by atoms with E-state index in [4.69, 9.17) is 4.98 Å². The Balaban J connectivity index is 1.58. The lowest BCUT2D eigenvalue weighted by Crippen LogP contribution is -2.25. The van der Waals surface area contributed by atoms with Crippen LogP contribution in [0.3, 0.4) is 0 Å². The maximum atomic E-state index is 15.0. The molecule has 0 atom stereocenters. The van der Waals surface area contributed by atoms with Crippen molar-refractivity contribution in [3.8, 4) is 0 Å². The zero-order valence-corrected chi connectivity index (χ0v) is 14.9. The molecular weight excluding hydrogens is 341 g/mol. The van der Waals surface area contributed by atoms with E-state index < -0.39 is 0 Å². The van der Waals surface area contributed by atoms with E-state index in [1.807, 2.05) is 30.3 Å². The number of hydrogen-bond acceptors (Lipinski definition) is 3. The number of carbonyl (C=O) groups is 1. The molecule has 27 heavy (non-hydrogen) atoms. The van der Waals surface area contributed by atoms with Gasteiger partial charge in [0.1, 0.15) is 5.82 Å². The summed E-state index contributed by atoms with van der Waals surface area (Å²) >= 11 is 0. The second-order valence-corrected chi connectivity index (χ2v) is 7.23. The predicted molar refractivity (Wildman–Crippen MR) is 104 cm³/mol. The van der Waals surface area contributed by atoms with Crippen LogP contribution in [0.5, 0.6) is 0 Å². The number of amides is 1. The van der Waals surface area contributed by atoms with Gasteiger partial charge in [-0.3, -0.25) is 9.78 Å². The van der Waals surface area contributed by atoms with Gasteiger partial charge in [0.2, 0.25) is 0 Å². The zero-order chi connectivity index (χ0) is 18.4. The molecule has 2 aliphatic rings. The maximum Gasteiger partial charge on any atom is 0.256 e.